The number of nitrogens with zero attached hydrogens (tertiary/aromatic N) is 4. The Labute approximate surface area is 116 Å². The molecule has 1 aliphatic rings. The van der Waals surface area contributed by atoms with Gasteiger partial charge < -0.3 is 5.32 Å². The van der Waals surface area contributed by atoms with Gasteiger partial charge in [0.25, 0.3) is 0 Å². The third-order valence-corrected chi connectivity index (χ3v) is 4.44. The van der Waals surface area contributed by atoms with Crippen LogP contribution in [0.2, 0.25) is 0 Å². The molecule has 0 amide bonds. The van der Waals surface area contributed by atoms with Crippen LogP contribution in [0.15, 0.2) is 35.5 Å². The van der Waals surface area contributed by atoms with Crippen molar-refractivity contribution in [2.75, 3.05) is 18.8 Å². The number of tetrazole rings is 1. The van der Waals surface area contributed by atoms with Crippen LogP contribution in [0.5, 0.6) is 0 Å². The Morgan fingerprint density at radius 3 is 3.00 bits per heavy atom. The number of piperidine rings is 1. The third kappa shape index (κ3) is 3.13. The molecule has 1 saturated heterocycles. The summed E-state index contributed by atoms with van der Waals surface area (Å²) in [5.74, 6) is 1.79. The maximum absolute atomic E-state index is 4.12. The molecule has 2 heterocycles. The molecule has 1 atom stereocenters. The molecular weight excluding hydrogens is 258 g/mol. The van der Waals surface area contributed by atoms with E-state index in [0.29, 0.717) is 0 Å². The highest BCUT2D eigenvalue weighted by Gasteiger charge is 2.15. The van der Waals surface area contributed by atoms with Crippen LogP contribution in [0.25, 0.3) is 5.69 Å². The summed E-state index contributed by atoms with van der Waals surface area (Å²) in [4.78, 5) is 0. The predicted octanol–water partition coefficient (Wildman–Crippen LogP) is 1.75. The summed E-state index contributed by atoms with van der Waals surface area (Å²) in [5.41, 5.74) is 1.01. The Hall–Kier alpha value is -1.40. The molecule has 1 aliphatic heterocycles. The Bertz CT molecular complexity index is 507. The molecule has 3 rings (SSSR count). The van der Waals surface area contributed by atoms with E-state index in [2.05, 4.69) is 20.8 Å². The second-order valence-electron chi connectivity index (χ2n) is 4.73. The van der Waals surface area contributed by atoms with Gasteiger partial charge in [-0.05, 0) is 54.4 Å². The zero-order valence-electron chi connectivity index (χ0n) is 10.7. The number of benzene rings is 1. The standard InChI is InChI=1S/C13H17N5S/c1-2-6-12(7-3-1)18-13(15-16-17-18)19-10-11-5-4-8-14-9-11/h1-3,6-7,11,14H,4-5,8-10H2/t11-/m0/s1. The minimum Gasteiger partial charge on any atom is -0.316 e. The molecule has 1 aromatic carbocycles. The highest BCUT2D eigenvalue weighted by molar-refractivity contribution is 7.99. The van der Waals surface area contributed by atoms with E-state index in [9.17, 15) is 0 Å². The number of nitrogens with one attached hydrogen (secondary N) is 1. The normalized spacial score (nSPS) is 19.5. The molecule has 0 bridgehead atoms. The van der Waals surface area contributed by atoms with Crippen molar-refractivity contribution in [1.82, 2.24) is 25.5 Å². The smallest absolute Gasteiger partial charge is 0.214 e. The van der Waals surface area contributed by atoms with E-state index in [1.807, 2.05) is 30.3 Å². The zero-order valence-corrected chi connectivity index (χ0v) is 11.5. The summed E-state index contributed by atoms with van der Waals surface area (Å²) in [6.07, 6.45) is 2.57. The van der Waals surface area contributed by atoms with Crippen LogP contribution in [-0.4, -0.2) is 39.0 Å². The van der Waals surface area contributed by atoms with Gasteiger partial charge in [-0.15, -0.1) is 5.10 Å². The molecule has 0 radical (unpaired) electrons. The fourth-order valence-corrected chi connectivity index (χ4v) is 3.29. The lowest BCUT2D eigenvalue weighted by molar-refractivity contribution is 0.410. The average molecular weight is 275 g/mol. The summed E-state index contributed by atoms with van der Waals surface area (Å²) in [6, 6.07) is 10.0. The molecule has 100 valence electrons. The van der Waals surface area contributed by atoms with Gasteiger partial charge in [0.15, 0.2) is 0 Å². The van der Waals surface area contributed by atoms with Gasteiger partial charge in [0.1, 0.15) is 0 Å². The topological polar surface area (TPSA) is 55.6 Å². The van der Waals surface area contributed by atoms with Gasteiger partial charge in [-0.3, -0.25) is 0 Å². The lowest BCUT2D eigenvalue weighted by Crippen LogP contribution is -2.31. The van der Waals surface area contributed by atoms with Gasteiger partial charge in [0, 0.05) is 5.75 Å². The third-order valence-electron chi connectivity index (χ3n) is 3.29. The van der Waals surface area contributed by atoms with Crippen LogP contribution < -0.4 is 5.32 Å². The molecule has 0 aliphatic carbocycles. The Balaban J connectivity index is 1.67. The van der Waals surface area contributed by atoms with E-state index in [4.69, 9.17) is 0 Å². The number of hydrogen-bond acceptors (Lipinski definition) is 5. The summed E-state index contributed by atoms with van der Waals surface area (Å²) < 4.78 is 1.81. The quantitative estimate of drug-likeness (QED) is 0.862. The summed E-state index contributed by atoms with van der Waals surface area (Å²) >= 11 is 1.74. The maximum atomic E-state index is 4.12. The van der Waals surface area contributed by atoms with Crippen LogP contribution in [0.1, 0.15) is 12.8 Å². The minimum atomic E-state index is 0.722. The second kappa shape index (κ2) is 6.16. The highest BCUT2D eigenvalue weighted by atomic mass is 32.2. The van der Waals surface area contributed by atoms with Gasteiger partial charge in [0.05, 0.1) is 5.69 Å². The van der Waals surface area contributed by atoms with Gasteiger partial charge in [0.2, 0.25) is 5.16 Å². The van der Waals surface area contributed by atoms with Gasteiger partial charge in [-0.2, -0.15) is 4.68 Å². The van der Waals surface area contributed by atoms with Crippen LogP contribution >= 0.6 is 11.8 Å². The first-order valence-corrected chi connectivity index (χ1v) is 7.59. The first kappa shape index (κ1) is 12.6. The van der Waals surface area contributed by atoms with Crippen molar-refractivity contribution in [2.24, 2.45) is 5.92 Å². The number of hydrogen-bond donors (Lipinski definition) is 1. The van der Waals surface area contributed by atoms with E-state index in [1.54, 1.807) is 16.4 Å². The first-order valence-electron chi connectivity index (χ1n) is 6.61. The average Bonchev–Trinajstić information content (AvgIpc) is 2.95. The molecule has 19 heavy (non-hydrogen) atoms. The maximum Gasteiger partial charge on any atom is 0.214 e. The molecule has 1 aromatic heterocycles. The lowest BCUT2D eigenvalue weighted by Gasteiger charge is -2.21. The van der Waals surface area contributed by atoms with Crippen LogP contribution in [0, 0.1) is 5.92 Å². The molecule has 6 heteroatoms. The van der Waals surface area contributed by atoms with Gasteiger partial charge in [-0.1, -0.05) is 30.0 Å². The largest absolute Gasteiger partial charge is 0.316 e. The Morgan fingerprint density at radius 2 is 2.21 bits per heavy atom. The van der Waals surface area contributed by atoms with Crippen LogP contribution in [0.4, 0.5) is 0 Å². The monoisotopic (exact) mass is 275 g/mol. The number of aromatic nitrogens is 4. The Kier molecular flexibility index (Phi) is 4.10. The van der Waals surface area contributed by atoms with Crippen molar-refractivity contribution in [1.29, 1.82) is 0 Å². The number of para-hydroxylation sites is 1. The van der Waals surface area contributed by atoms with Gasteiger partial charge >= 0.3 is 0 Å². The fraction of sp³-hybridized carbons (Fsp3) is 0.462. The molecule has 5 nitrogen and oxygen atoms in total. The highest BCUT2D eigenvalue weighted by Crippen LogP contribution is 2.23. The zero-order chi connectivity index (χ0) is 12.9. The lowest BCUT2D eigenvalue weighted by atomic mass is 10.0. The molecule has 2 aromatic rings. The Morgan fingerprint density at radius 1 is 1.32 bits per heavy atom. The van der Waals surface area contributed by atoms with Crippen LogP contribution in [-0.2, 0) is 0 Å². The molecule has 1 N–H and O–H groups in total. The van der Waals surface area contributed by atoms with E-state index in [1.165, 1.54) is 12.8 Å². The minimum absolute atomic E-state index is 0.722. The number of rotatable bonds is 4. The van der Waals surface area contributed by atoms with Crippen molar-refractivity contribution in [2.45, 2.75) is 18.0 Å². The summed E-state index contributed by atoms with van der Waals surface area (Å²) in [6.45, 7) is 2.27. The van der Waals surface area contributed by atoms with E-state index >= 15 is 0 Å². The van der Waals surface area contributed by atoms with E-state index in [-0.39, 0.29) is 0 Å². The molecule has 0 saturated carbocycles. The van der Waals surface area contributed by atoms with E-state index < -0.39 is 0 Å². The first-order chi connectivity index (χ1) is 9.43. The number of thioether (sulfide) groups is 1. The van der Waals surface area contributed by atoms with Crippen molar-refractivity contribution in [3.05, 3.63) is 30.3 Å². The molecule has 0 spiro atoms. The van der Waals surface area contributed by atoms with E-state index in [0.717, 1.165) is 35.6 Å². The molecular formula is C13H17N5S. The van der Waals surface area contributed by atoms with Crippen molar-refractivity contribution in [3.8, 4) is 5.69 Å². The van der Waals surface area contributed by atoms with Crippen molar-refractivity contribution < 1.29 is 0 Å². The molecule has 0 unspecified atom stereocenters. The summed E-state index contributed by atoms with van der Waals surface area (Å²) in [7, 11) is 0. The predicted molar refractivity (Wildman–Crippen MR) is 75.5 cm³/mol. The van der Waals surface area contributed by atoms with Crippen molar-refractivity contribution in [3.63, 3.8) is 0 Å². The fourth-order valence-electron chi connectivity index (χ4n) is 2.26. The van der Waals surface area contributed by atoms with Crippen molar-refractivity contribution >= 4 is 11.8 Å². The molecule has 1 fully saturated rings. The van der Waals surface area contributed by atoms with Gasteiger partial charge in [-0.25, -0.2) is 0 Å². The second-order valence-corrected chi connectivity index (χ2v) is 5.72. The van der Waals surface area contributed by atoms with Crippen LogP contribution in [0.3, 0.4) is 0 Å². The summed E-state index contributed by atoms with van der Waals surface area (Å²) in [5, 5.41) is 16.3. The SMILES string of the molecule is c1ccc(-n2nnnc2SC[C@H]2CCCNC2)cc1.